The van der Waals surface area contributed by atoms with Gasteiger partial charge >= 0.3 is 0 Å². The van der Waals surface area contributed by atoms with Gasteiger partial charge in [-0.15, -0.1) is 0 Å². The Morgan fingerprint density at radius 1 is 1.21 bits per heavy atom. The fourth-order valence-corrected chi connectivity index (χ4v) is 1.63. The van der Waals surface area contributed by atoms with Crippen LogP contribution in [0.3, 0.4) is 0 Å². The van der Waals surface area contributed by atoms with Crippen LogP contribution in [0.15, 0.2) is 42.6 Å². The smallest absolute Gasteiger partial charge is 0.0556 e. The van der Waals surface area contributed by atoms with Gasteiger partial charge in [0, 0.05) is 18.7 Å². The summed E-state index contributed by atoms with van der Waals surface area (Å²) in [6.07, 6.45) is 4.95. The highest BCUT2D eigenvalue weighted by atomic mass is 15.1. The zero-order chi connectivity index (χ0) is 9.80. The molecule has 0 fully saturated rings. The predicted octanol–water partition coefficient (Wildman–Crippen LogP) is 2.43. The lowest BCUT2D eigenvalue weighted by Gasteiger charge is -2.23. The number of benzene rings is 1. The van der Waals surface area contributed by atoms with E-state index in [2.05, 4.69) is 29.3 Å². The standard InChI is InChI=1S/C12H14N2/c13-12-7-4-8-14(10-12)9-11-5-2-1-3-6-11/h1-6,8,13H,7,9-10H2. The van der Waals surface area contributed by atoms with E-state index >= 15 is 0 Å². The first-order chi connectivity index (χ1) is 6.84. The molecule has 0 saturated heterocycles. The van der Waals surface area contributed by atoms with E-state index in [-0.39, 0.29) is 0 Å². The fraction of sp³-hybridized carbons (Fsp3) is 0.250. The van der Waals surface area contributed by atoms with E-state index < -0.39 is 0 Å². The minimum absolute atomic E-state index is 0.769. The van der Waals surface area contributed by atoms with E-state index in [0.29, 0.717) is 0 Å². The van der Waals surface area contributed by atoms with Crippen molar-refractivity contribution in [1.82, 2.24) is 4.90 Å². The summed E-state index contributed by atoms with van der Waals surface area (Å²) in [7, 11) is 0. The average Bonchev–Trinajstić information content (AvgIpc) is 2.19. The third-order valence-corrected chi connectivity index (χ3v) is 2.30. The molecule has 0 unspecified atom stereocenters. The second-order valence-corrected chi connectivity index (χ2v) is 3.58. The normalized spacial score (nSPS) is 16.0. The second kappa shape index (κ2) is 4.09. The first-order valence-corrected chi connectivity index (χ1v) is 4.85. The SMILES string of the molecule is N=C1CC=CN(Cc2ccccc2)C1. The summed E-state index contributed by atoms with van der Waals surface area (Å²) in [5.41, 5.74) is 2.09. The van der Waals surface area contributed by atoms with Gasteiger partial charge in [0.05, 0.1) is 6.54 Å². The molecule has 1 aromatic rings. The van der Waals surface area contributed by atoms with E-state index in [0.717, 1.165) is 25.2 Å². The Bertz CT molecular complexity index is 341. The molecule has 2 heteroatoms. The van der Waals surface area contributed by atoms with E-state index in [9.17, 15) is 0 Å². The van der Waals surface area contributed by atoms with Gasteiger partial charge in [-0.3, -0.25) is 0 Å². The van der Waals surface area contributed by atoms with Crippen LogP contribution >= 0.6 is 0 Å². The van der Waals surface area contributed by atoms with Crippen molar-refractivity contribution in [1.29, 1.82) is 5.41 Å². The van der Waals surface area contributed by atoms with Crippen molar-refractivity contribution in [3.8, 4) is 0 Å². The minimum atomic E-state index is 0.769. The Kier molecular flexibility index (Phi) is 2.63. The summed E-state index contributed by atoms with van der Waals surface area (Å²) in [5, 5.41) is 7.59. The third kappa shape index (κ3) is 2.22. The molecule has 2 nitrogen and oxygen atoms in total. The van der Waals surface area contributed by atoms with Gasteiger partial charge in [0.2, 0.25) is 0 Å². The molecule has 1 aliphatic heterocycles. The molecule has 1 N–H and O–H groups in total. The maximum Gasteiger partial charge on any atom is 0.0556 e. The van der Waals surface area contributed by atoms with Crippen LogP contribution in [0.1, 0.15) is 12.0 Å². The van der Waals surface area contributed by atoms with Crippen molar-refractivity contribution in [2.24, 2.45) is 0 Å². The van der Waals surface area contributed by atoms with Crippen molar-refractivity contribution in [3.63, 3.8) is 0 Å². The first kappa shape index (κ1) is 9.00. The summed E-state index contributed by atoms with van der Waals surface area (Å²) in [5.74, 6) is 0. The molecule has 0 spiro atoms. The summed E-state index contributed by atoms with van der Waals surface area (Å²) in [6.45, 7) is 1.67. The van der Waals surface area contributed by atoms with E-state index in [1.54, 1.807) is 0 Å². The molecule has 1 aromatic carbocycles. The number of allylic oxidation sites excluding steroid dienone is 1. The van der Waals surface area contributed by atoms with Gasteiger partial charge in [-0.25, -0.2) is 0 Å². The lowest BCUT2D eigenvalue weighted by atomic mass is 10.1. The molecular formula is C12H14N2. The van der Waals surface area contributed by atoms with Gasteiger partial charge in [0.15, 0.2) is 0 Å². The second-order valence-electron chi connectivity index (χ2n) is 3.58. The largest absolute Gasteiger partial charge is 0.368 e. The first-order valence-electron chi connectivity index (χ1n) is 4.85. The Balaban J connectivity index is 2.01. The lowest BCUT2D eigenvalue weighted by Crippen LogP contribution is -2.26. The minimum Gasteiger partial charge on any atom is -0.368 e. The monoisotopic (exact) mass is 186 g/mol. The number of hydrogen-bond acceptors (Lipinski definition) is 2. The topological polar surface area (TPSA) is 27.1 Å². The van der Waals surface area contributed by atoms with E-state index in [1.807, 2.05) is 18.2 Å². The molecule has 0 saturated carbocycles. The van der Waals surface area contributed by atoms with Crippen molar-refractivity contribution >= 4 is 5.71 Å². The van der Waals surface area contributed by atoms with Crippen LogP contribution < -0.4 is 0 Å². The van der Waals surface area contributed by atoms with Gasteiger partial charge < -0.3 is 10.3 Å². The van der Waals surface area contributed by atoms with Gasteiger partial charge in [-0.2, -0.15) is 0 Å². The molecular weight excluding hydrogens is 172 g/mol. The Morgan fingerprint density at radius 3 is 2.71 bits per heavy atom. The van der Waals surface area contributed by atoms with Crippen molar-refractivity contribution in [2.75, 3.05) is 6.54 Å². The number of nitrogens with one attached hydrogen (secondary N) is 1. The summed E-state index contributed by atoms with van der Waals surface area (Å²) in [4.78, 5) is 2.17. The Hall–Kier alpha value is -1.57. The number of rotatable bonds is 2. The van der Waals surface area contributed by atoms with Crippen LogP contribution in [0, 0.1) is 5.41 Å². The van der Waals surface area contributed by atoms with Crippen molar-refractivity contribution in [3.05, 3.63) is 48.2 Å². The highest BCUT2D eigenvalue weighted by Gasteiger charge is 2.07. The maximum absolute atomic E-state index is 7.59. The van der Waals surface area contributed by atoms with Crippen LogP contribution in [0.4, 0.5) is 0 Å². The Morgan fingerprint density at radius 2 is 2.00 bits per heavy atom. The molecule has 72 valence electrons. The molecule has 0 aliphatic carbocycles. The third-order valence-electron chi connectivity index (χ3n) is 2.30. The molecule has 0 bridgehead atoms. The number of hydrogen-bond donors (Lipinski definition) is 1. The van der Waals surface area contributed by atoms with Gasteiger partial charge in [-0.1, -0.05) is 36.4 Å². The van der Waals surface area contributed by atoms with E-state index in [1.165, 1.54) is 5.56 Å². The Labute approximate surface area is 84.4 Å². The van der Waals surface area contributed by atoms with Crippen molar-refractivity contribution in [2.45, 2.75) is 13.0 Å². The summed E-state index contributed by atoms with van der Waals surface area (Å²) < 4.78 is 0. The zero-order valence-corrected chi connectivity index (χ0v) is 8.11. The highest BCUT2D eigenvalue weighted by molar-refractivity contribution is 5.85. The van der Waals surface area contributed by atoms with Crippen molar-refractivity contribution < 1.29 is 0 Å². The average molecular weight is 186 g/mol. The summed E-state index contributed by atoms with van der Waals surface area (Å²) >= 11 is 0. The molecule has 0 aromatic heterocycles. The molecule has 1 aliphatic rings. The molecule has 1 heterocycles. The lowest BCUT2D eigenvalue weighted by molar-refractivity contribution is 0.411. The zero-order valence-electron chi connectivity index (χ0n) is 8.11. The number of nitrogens with zero attached hydrogens (tertiary/aromatic N) is 1. The molecule has 2 rings (SSSR count). The van der Waals surface area contributed by atoms with Crippen LogP contribution in [-0.4, -0.2) is 17.2 Å². The van der Waals surface area contributed by atoms with Crippen LogP contribution in [0.25, 0.3) is 0 Å². The van der Waals surface area contributed by atoms with E-state index in [4.69, 9.17) is 5.41 Å². The molecule has 0 atom stereocenters. The van der Waals surface area contributed by atoms with Gasteiger partial charge in [0.25, 0.3) is 0 Å². The molecule has 0 radical (unpaired) electrons. The maximum atomic E-state index is 7.59. The van der Waals surface area contributed by atoms with Crippen LogP contribution in [-0.2, 0) is 6.54 Å². The quantitative estimate of drug-likeness (QED) is 0.754. The molecule has 14 heavy (non-hydrogen) atoms. The highest BCUT2D eigenvalue weighted by Crippen LogP contribution is 2.08. The van der Waals surface area contributed by atoms with Gasteiger partial charge in [0.1, 0.15) is 0 Å². The fourth-order valence-electron chi connectivity index (χ4n) is 1.63. The predicted molar refractivity (Wildman–Crippen MR) is 58.3 cm³/mol. The molecule has 0 amide bonds. The van der Waals surface area contributed by atoms with Crippen LogP contribution in [0.2, 0.25) is 0 Å². The summed E-state index contributed by atoms with van der Waals surface area (Å²) in [6, 6.07) is 10.4. The van der Waals surface area contributed by atoms with Crippen LogP contribution in [0.5, 0.6) is 0 Å². The van der Waals surface area contributed by atoms with Gasteiger partial charge in [-0.05, 0) is 11.8 Å².